The van der Waals surface area contributed by atoms with E-state index in [-0.39, 0.29) is 11.4 Å². The summed E-state index contributed by atoms with van der Waals surface area (Å²) in [6.07, 6.45) is 0. The molecule has 1 aromatic rings. The normalized spacial score (nSPS) is 18.8. The zero-order valence-corrected chi connectivity index (χ0v) is 13.1. The molecule has 0 aromatic heterocycles. The van der Waals surface area contributed by atoms with Crippen LogP contribution in [0.2, 0.25) is 0 Å². The highest BCUT2D eigenvalue weighted by Gasteiger charge is 2.35. The number of nitrogens with two attached hydrogens (primary N) is 1. The molecule has 0 spiro atoms. The molecule has 1 aromatic carbocycles. The molecule has 0 unspecified atom stereocenters. The monoisotopic (exact) mass is 308 g/mol. The number of benzene rings is 1. The summed E-state index contributed by atoms with van der Waals surface area (Å²) in [5, 5.41) is 0. The third kappa shape index (κ3) is 3.63. The van der Waals surface area contributed by atoms with Gasteiger partial charge in [-0.25, -0.2) is 8.42 Å². The lowest BCUT2D eigenvalue weighted by molar-refractivity contribution is -0.0640. The minimum atomic E-state index is -3.58. The van der Waals surface area contributed by atoms with Crippen LogP contribution in [0.3, 0.4) is 0 Å². The molecule has 0 radical (unpaired) electrons. The number of hydrogen-bond acceptors (Lipinski definition) is 4. The summed E-state index contributed by atoms with van der Waals surface area (Å²) in [6.45, 7) is 5.03. The van der Waals surface area contributed by atoms with Crippen LogP contribution in [0.15, 0.2) is 29.2 Å². The molecule has 2 rings (SSSR count). The molecule has 6 heteroatoms. The van der Waals surface area contributed by atoms with Crippen molar-refractivity contribution in [3.8, 4) is 11.8 Å². The van der Waals surface area contributed by atoms with Gasteiger partial charge in [0.05, 0.1) is 23.6 Å². The van der Waals surface area contributed by atoms with Gasteiger partial charge in [-0.15, -0.1) is 0 Å². The van der Waals surface area contributed by atoms with Gasteiger partial charge in [-0.3, -0.25) is 0 Å². The van der Waals surface area contributed by atoms with Crippen LogP contribution < -0.4 is 5.73 Å². The first kappa shape index (κ1) is 16.0. The minimum absolute atomic E-state index is 0.193. The van der Waals surface area contributed by atoms with E-state index in [0.29, 0.717) is 25.3 Å². The van der Waals surface area contributed by atoms with Gasteiger partial charge >= 0.3 is 0 Å². The Balaban J connectivity index is 2.40. The molecule has 0 aliphatic carbocycles. The molecule has 21 heavy (non-hydrogen) atoms. The molecule has 1 aliphatic heterocycles. The second-order valence-electron chi connectivity index (χ2n) is 5.45. The van der Waals surface area contributed by atoms with E-state index in [2.05, 4.69) is 11.8 Å². The number of hydrogen-bond donors (Lipinski definition) is 1. The smallest absolute Gasteiger partial charge is 0.244 e. The van der Waals surface area contributed by atoms with E-state index in [4.69, 9.17) is 10.5 Å². The van der Waals surface area contributed by atoms with E-state index in [1.807, 2.05) is 13.8 Å². The van der Waals surface area contributed by atoms with Crippen molar-refractivity contribution in [3.05, 3.63) is 29.8 Å². The molecule has 0 saturated carbocycles. The molecule has 2 N–H and O–H groups in total. The Labute approximate surface area is 126 Å². The molecule has 114 valence electrons. The average molecular weight is 308 g/mol. The summed E-state index contributed by atoms with van der Waals surface area (Å²) >= 11 is 0. The maximum Gasteiger partial charge on any atom is 0.244 e. The molecule has 5 nitrogen and oxygen atoms in total. The number of sulfonamides is 1. The molecule has 0 bridgehead atoms. The second kappa shape index (κ2) is 6.16. The third-order valence-electron chi connectivity index (χ3n) is 3.22. The summed E-state index contributed by atoms with van der Waals surface area (Å²) in [4.78, 5) is 0.226. The van der Waals surface area contributed by atoms with Crippen molar-refractivity contribution in [1.82, 2.24) is 4.31 Å². The Kier molecular flexibility index (Phi) is 4.69. The Hall–Kier alpha value is -1.39. The van der Waals surface area contributed by atoms with Crippen molar-refractivity contribution in [1.29, 1.82) is 0 Å². The molecule has 1 saturated heterocycles. The van der Waals surface area contributed by atoms with Crippen LogP contribution in [0.4, 0.5) is 0 Å². The molecule has 1 fully saturated rings. The van der Waals surface area contributed by atoms with E-state index >= 15 is 0 Å². The largest absolute Gasteiger partial charge is 0.373 e. The summed E-state index contributed by atoms with van der Waals surface area (Å²) in [5.41, 5.74) is 5.36. The highest BCUT2D eigenvalue weighted by Crippen LogP contribution is 2.25. The predicted octanol–water partition coefficient (Wildman–Crippen LogP) is 0.796. The number of ether oxygens (including phenoxy) is 1. The Morgan fingerprint density at radius 3 is 2.76 bits per heavy atom. The third-order valence-corrected chi connectivity index (χ3v) is 5.12. The fourth-order valence-electron chi connectivity index (χ4n) is 2.26. The Morgan fingerprint density at radius 2 is 2.10 bits per heavy atom. The Bertz CT molecular complexity index is 672. The van der Waals surface area contributed by atoms with Gasteiger partial charge in [-0.1, -0.05) is 24.0 Å². The van der Waals surface area contributed by atoms with Gasteiger partial charge in [0.25, 0.3) is 0 Å². The Morgan fingerprint density at radius 1 is 1.38 bits per heavy atom. The van der Waals surface area contributed by atoms with Gasteiger partial charge in [0.1, 0.15) is 0 Å². The van der Waals surface area contributed by atoms with Crippen molar-refractivity contribution < 1.29 is 13.2 Å². The SMILES string of the molecule is CC1(C)CN(S(=O)(=O)c2ccccc2C#CCN)CCO1. The first-order valence-electron chi connectivity index (χ1n) is 6.79. The standard InChI is InChI=1S/C15H20N2O3S/c1-15(2)12-17(10-11-20-15)21(18,19)14-8-4-3-6-13(14)7-5-9-16/h3-4,6,8H,9-12,16H2,1-2H3. The van der Waals surface area contributed by atoms with E-state index in [9.17, 15) is 8.42 Å². The second-order valence-corrected chi connectivity index (χ2v) is 7.36. The van der Waals surface area contributed by atoms with Crippen LogP contribution in [0.5, 0.6) is 0 Å². The lowest BCUT2D eigenvalue weighted by Gasteiger charge is -2.37. The molecule has 1 aliphatic rings. The van der Waals surface area contributed by atoms with Gasteiger partial charge in [0.15, 0.2) is 0 Å². The van der Waals surface area contributed by atoms with Crippen LogP contribution in [-0.4, -0.2) is 44.6 Å². The summed E-state index contributed by atoms with van der Waals surface area (Å²) in [7, 11) is -3.58. The van der Waals surface area contributed by atoms with Crippen LogP contribution in [0, 0.1) is 11.8 Å². The topological polar surface area (TPSA) is 72.6 Å². The first-order chi connectivity index (χ1) is 9.87. The maximum absolute atomic E-state index is 12.8. The van der Waals surface area contributed by atoms with E-state index in [1.54, 1.807) is 24.3 Å². The molecule has 0 amide bonds. The molecular formula is C15H20N2O3S. The highest BCUT2D eigenvalue weighted by atomic mass is 32.2. The number of rotatable bonds is 2. The van der Waals surface area contributed by atoms with Crippen molar-refractivity contribution >= 4 is 10.0 Å². The van der Waals surface area contributed by atoms with Crippen molar-refractivity contribution in [2.75, 3.05) is 26.2 Å². The minimum Gasteiger partial charge on any atom is -0.373 e. The van der Waals surface area contributed by atoms with Gasteiger partial charge in [0, 0.05) is 18.7 Å². The van der Waals surface area contributed by atoms with E-state index in [0.717, 1.165) is 0 Å². The fraction of sp³-hybridized carbons (Fsp3) is 0.467. The average Bonchev–Trinajstić information content (AvgIpc) is 2.44. The highest BCUT2D eigenvalue weighted by molar-refractivity contribution is 7.89. The predicted molar refractivity (Wildman–Crippen MR) is 81.2 cm³/mol. The fourth-order valence-corrected chi connectivity index (χ4v) is 3.98. The summed E-state index contributed by atoms with van der Waals surface area (Å²) < 4.78 is 32.7. The molecular weight excluding hydrogens is 288 g/mol. The quantitative estimate of drug-likeness (QED) is 0.820. The zero-order valence-electron chi connectivity index (χ0n) is 12.3. The summed E-state index contributed by atoms with van der Waals surface area (Å²) in [6, 6.07) is 6.74. The van der Waals surface area contributed by atoms with Gasteiger partial charge in [-0.2, -0.15) is 4.31 Å². The van der Waals surface area contributed by atoms with Crippen LogP contribution in [0.25, 0.3) is 0 Å². The number of morpholine rings is 1. The molecule has 1 heterocycles. The van der Waals surface area contributed by atoms with Gasteiger partial charge in [-0.05, 0) is 26.0 Å². The maximum atomic E-state index is 12.8. The summed E-state index contributed by atoms with van der Waals surface area (Å²) in [5.74, 6) is 5.53. The number of nitrogens with zero attached hydrogens (tertiary/aromatic N) is 1. The van der Waals surface area contributed by atoms with Gasteiger partial charge in [0.2, 0.25) is 10.0 Å². The first-order valence-corrected chi connectivity index (χ1v) is 8.23. The van der Waals surface area contributed by atoms with E-state index in [1.165, 1.54) is 4.31 Å². The van der Waals surface area contributed by atoms with E-state index < -0.39 is 15.6 Å². The lowest BCUT2D eigenvalue weighted by atomic mass is 10.1. The van der Waals surface area contributed by atoms with Crippen molar-refractivity contribution in [2.24, 2.45) is 5.73 Å². The van der Waals surface area contributed by atoms with Crippen molar-refractivity contribution in [2.45, 2.75) is 24.3 Å². The van der Waals surface area contributed by atoms with Crippen LogP contribution in [-0.2, 0) is 14.8 Å². The zero-order chi connectivity index (χ0) is 15.5. The van der Waals surface area contributed by atoms with Crippen LogP contribution in [0.1, 0.15) is 19.4 Å². The van der Waals surface area contributed by atoms with Crippen LogP contribution >= 0.6 is 0 Å². The van der Waals surface area contributed by atoms with Crippen molar-refractivity contribution in [3.63, 3.8) is 0 Å². The molecule has 0 atom stereocenters. The van der Waals surface area contributed by atoms with Gasteiger partial charge < -0.3 is 10.5 Å². The lowest BCUT2D eigenvalue weighted by Crippen LogP contribution is -2.50.